The van der Waals surface area contributed by atoms with Crippen molar-refractivity contribution in [2.45, 2.75) is 19.6 Å². The Balaban J connectivity index is 2.07. The third-order valence-electron chi connectivity index (χ3n) is 2.89. The number of rotatable bonds is 6. The molecule has 0 saturated heterocycles. The molecule has 0 atom stereocenters. The zero-order valence-corrected chi connectivity index (χ0v) is 11.8. The van der Waals surface area contributed by atoms with Gasteiger partial charge in [0.25, 0.3) is 18.2 Å². The molecule has 0 aliphatic heterocycles. The molecule has 0 aliphatic carbocycles. The standard InChI is InChI=1S/C14H10F5N3O2/c15-10-3-7(5-22-13(10)24-14(18)19)12(23)21-6-8-4-20-2-1-9(8)11(16)17/h1-5,11,14H,6H2,(H,21,23). The summed E-state index contributed by atoms with van der Waals surface area (Å²) in [5.41, 5.74) is -0.487. The summed E-state index contributed by atoms with van der Waals surface area (Å²) in [5, 5.41) is 2.29. The number of alkyl halides is 4. The van der Waals surface area contributed by atoms with Gasteiger partial charge in [-0.05, 0) is 17.7 Å². The molecule has 0 bridgehead atoms. The molecule has 0 spiro atoms. The zero-order chi connectivity index (χ0) is 17.7. The monoisotopic (exact) mass is 347 g/mol. The molecular formula is C14H10F5N3O2. The SMILES string of the molecule is O=C(NCc1cnccc1C(F)F)c1cnc(OC(F)F)c(F)c1. The first-order valence-corrected chi connectivity index (χ1v) is 6.48. The first-order valence-electron chi connectivity index (χ1n) is 6.48. The molecule has 0 radical (unpaired) electrons. The summed E-state index contributed by atoms with van der Waals surface area (Å²) >= 11 is 0. The van der Waals surface area contributed by atoms with Crippen LogP contribution >= 0.6 is 0 Å². The lowest BCUT2D eigenvalue weighted by atomic mass is 10.1. The highest BCUT2D eigenvalue weighted by Gasteiger charge is 2.16. The third kappa shape index (κ3) is 4.37. The van der Waals surface area contributed by atoms with Crippen LogP contribution in [0, 0.1) is 5.82 Å². The number of pyridine rings is 2. The van der Waals surface area contributed by atoms with Crippen molar-refractivity contribution in [3.63, 3.8) is 0 Å². The van der Waals surface area contributed by atoms with E-state index in [0.29, 0.717) is 6.07 Å². The zero-order valence-electron chi connectivity index (χ0n) is 11.8. The van der Waals surface area contributed by atoms with Gasteiger partial charge < -0.3 is 10.1 Å². The molecule has 1 amide bonds. The maximum Gasteiger partial charge on any atom is 0.388 e. The van der Waals surface area contributed by atoms with E-state index in [1.54, 1.807) is 0 Å². The fourth-order valence-corrected chi connectivity index (χ4v) is 1.80. The Hall–Kier alpha value is -2.78. The number of carbonyl (C=O) groups excluding carboxylic acids is 1. The Bertz CT molecular complexity index is 727. The highest BCUT2D eigenvalue weighted by Crippen LogP contribution is 2.22. The van der Waals surface area contributed by atoms with E-state index in [4.69, 9.17) is 0 Å². The molecule has 2 rings (SSSR count). The molecule has 0 fully saturated rings. The van der Waals surface area contributed by atoms with E-state index in [1.807, 2.05) is 0 Å². The predicted molar refractivity (Wildman–Crippen MR) is 71.2 cm³/mol. The number of halogens is 5. The van der Waals surface area contributed by atoms with Crippen molar-refractivity contribution in [3.8, 4) is 5.88 Å². The highest BCUT2D eigenvalue weighted by atomic mass is 19.3. The van der Waals surface area contributed by atoms with Crippen molar-refractivity contribution in [2.24, 2.45) is 0 Å². The van der Waals surface area contributed by atoms with Crippen LogP contribution in [-0.2, 0) is 6.54 Å². The molecule has 2 aromatic rings. The minimum atomic E-state index is -3.26. The van der Waals surface area contributed by atoms with Crippen molar-refractivity contribution in [1.82, 2.24) is 15.3 Å². The first kappa shape index (κ1) is 17.6. The Kier molecular flexibility index (Phi) is 5.61. The average molecular weight is 347 g/mol. The van der Waals surface area contributed by atoms with Gasteiger partial charge >= 0.3 is 6.61 Å². The van der Waals surface area contributed by atoms with Crippen molar-refractivity contribution in [2.75, 3.05) is 0 Å². The summed E-state index contributed by atoms with van der Waals surface area (Å²) in [6.45, 7) is -3.53. The van der Waals surface area contributed by atoms with Crippen molar-refractivity contribution >= 4 is 5.91 Å². The van der Waals surface area contributed by atoms with Gasteiger partial charge in [0.05, 0.1) is 5.56 Å². The van der Waals surface area contributed by atoms with E-state index in [1.165, 1.54) is 12.4 Å². The molecule has 2 aromatic heterocycles. The van der Waals surface area contributed by atoms with E-state index in [2.05, 4.69) is 20.0 Å². The Labute approximate surface area is 132 Å². The normalized spacial score (nSPS) is 11.0. The highest BCUT2D eigenvalue weighted by molar-refractivity contribution is 5.93. The van der Waals surface area contributed by atoms with Crippen LogP contribution in [0.2, 0.25) is 0 Å². The number of nitrogens with zero attached hydrogens (tertiary/aromatic N) is 2. The van der Waals surface area contributed by atoms with Crippen LogP contribution in [0.5, 0.6) is 5.88 Å². The van der Waals surface area contributed by atoms with E-state index < -0.39 is 30.6 Å². The molecule has 0 aromatic carbocycles. The summed E-state index contributed by atoms with van der Waals surface area (Å²) < 4.78 is 66.9. The van der Waals surface area contributed by atoms with Crippen LogP contribution in [0.15, 0.2) is 30.7 Å². The fraction of sp³-hybridized carbons (Fsp3) is 0.214. The van der Waals surface area contributed by atoms with Crippen LogP contribution in [0.4, 0.5) is 22.0 Å². The van der Waals surface area contributed by atoms with Crippen molar-refractivity contribution < 1.29 is 31.5 Å². The van der Waals surface area contributed by atoms with Crippen LogP contribution in [0.3, 0.4) is 0 Å². The van der Waals surface area contributed by atoms with Gasteiger partial charge in [-0.15, -0.1) is 0 Å². The number of hydrogen-bond acceptors (Lipinski definition) is 4. The van der Waals surface area contributed by atoms with E-state index >= 15 is 0 Å². The lowest BCUT2D eigenvalue weighted by molar-refractivity contribution is -0.0553. The first-order chi connectivity index (χ1) is 11.4. The van der Waals surface area contributed by atoms with Gasteiger partial charge in [0.1, 0.15) is 0 Å². The quantitative estimate of drug-likeness (QED) is 0.816. The minimum Gasteiger partial charge on any atom is -0.414 e. The van der Waals surface area contributed by atoms with Crippen LogP contribution in [-0.4, -0.2) is 22.5 Å². The molecule has 2 heterocycles. The van der Waals surface area contributed by atoms with Crippen LogP contribution in [0.1, 0.15) is 27.9 Å². The lowest BCUT2D eigenvalue weighted by Gasteiger charge is -2.10. The van der Waals surface area contributed by atoms with Gasteiger partial charge in [-0.25, -0.2) is 18.2 Å². The van der Waals surface area contributed by atoms with Gasteiger partial charge in [-0.3, -0.25) is 9.78 Å². The van der Waals surface area contributed by atoms with Gasteiger partial charge in [0.15, 0.2) is 5.82 Å². The number of aromatic nitrogens is 2. The van der Waals surface area contributed by atoms with E-state index in [-0.39, 0.29) is 23.2 Å². The summed E-state index contributed by atoms with van der Waals surface area (Å²) in [7, 11) is 0. The number of nitrogens with one attached hydrogen (secondary N) is 1. The molecule has 10 heteroatoms. The van der Waals surface area contributed by atoms with Gasteiger partial charge in [0.2, 0.25) is 0 Å². The number of hydrogen-bond donors (Lipinski definition) is 1. The van der Waals surface area contributed by atoms with E-state index in [0.717, 1.165) is 12.3 Å². The Morgan fingerprint density at radius 2 is 2.00 bits per heavy atom. The molecular weight excluding hydrogens is 337 g/mol. The second-order valence-electron chi connectivity index (χ2n) is 4.45. The van der Waals surface area contributed by atoms with Gasteiger partial charge in [-0.2, -0.15) is 8.78 Å². The second-order valence-corrected chi connectivity index (χ2v) is 4.45. The topological polar surface area (TPSA) is 64.1 Å². The van der Waals surface area contributed by atoms with Crippen molar-refractivity contribution in [3.05, 3.63) is 53.2 Å². The van der Waals surface area contributed by atoms with Gasteiger partial charge in [0, 0.05) is 30.7 Å². The fourth-order valence-electron chi connectivity index (χ4n) is 1.80. The third-order valence-corrected chi connectivity index (χ3v) is 2.89. The summed E-state index contributed by atoms with van der Waals surface area (Å²) in [6.07, 6.45) is 0.436. The molecule has 0 aliphatic rings. The molecule has 1 N–H and O–H groups in total. The van der Waals surface area contributed by atoms with Gasteiger partial charge in [-0.1, -0.05) is 0 Å². The molecule has 0 unspecified atom stereocenters. The maximum absolute atomic E-state index is 13.5. The number of carbonyl (C=O) groups is 1. The van der Waals surface area contributed by atoms with Crippen LogP contribution < -0.4 is 10.1 Å². The summed E-state index contributed by atoms with van der Waals surface area (Å²) in [6, 6.07) is 1.77. The van der Waals surface area contributed by atoms with Crippen LogP contribution in [0.25, 0.3) is 0 Å². The molecule has 5 nitrogen and oxygen atoms in total. The lowest BCUT2D eigenvalue weighted by Crippen LogP contribution is -2.24. The largest absolute Gasteiger partial charge is 0.414 e. The summed E-state index contributed by atoms with van der Waals surface area (Å²) in [5.74, 6) is -3.03. The number of amides is 1. The second kappa shape index (κ2) is 7.66. The molecule has 0 saturated carbocycles. The summed E-state index contributed by atoms with van der Waals surface area (Å²) in [4.78, 5) is 18.8. The molecule has 24 heavy (non-hydrogen) atoms. The average Bonchev–Trinajstić information content (AvgIpc) is 2.54. The Morgan fingerprint density at radius 1 is 1.25 bits per heavy atom. The van der Waals surface area contributed by atoms with Crippen molar-refractivity contribution in [1.29, 1.82) is 0 Å². The maximum atomic E-state index is 13.5. The van der Waals surface area contributed by atoms with E-state index in [9.17, 15) is 26.7 Å². The molecule has 128 valence electrons. The minimum absolute atomic E-state index is 0.0898. The Morgan fingerprint density at radius 3 is 2.62 bits per heavy atom. The smallest absolute Gasteiger partial charge is 0.388 e. The predicted octanol–water partition coefficient (Wildman–Crippen LogP) is 3.08. The number of ether oxygens (including phenoxy) is 1.